The highest BCUT2D eigenvalue weighted by atomic mass is 35.5. The van der Waals surface area contributed by atoms with Crippen molar-refractivity contribution in [1.29, 1.82) is 0 Å². The monoisotopic (exact) mass is 548 g/mol. The van der Waals surface area contributed by atoms with Gasteiger partial charge in [-0.25, -0.2) is 24.2 Å². The summed E-state index contributed by atoms with van der Waals surface area (Å²) < 4.78 is 17.7. The lowest BCUT2D eigenvalue weighted by Crippen LogP contribution is -2.50. The molecule has 3 aromatic rings. The number of ether oxygens (including phenoxy) is 2. The molecule has 38 heavy (non-hydrogen) atoms. The molecule has 206 valence electrons. The van der Waals surface area contributed by atoms with Gasteiger partial charge < -0.3 is 23.8 Å². The Morgan fingerprint density at radius 1 is 1.05 bits per heavy atom. The van der Waals surface area contributed by atoms with Gasteiger partial charge in [-0.3, -0.25) is 5.32 Å². The number of halogens is 1. The van der Waals surface area contributed by atoms with Crippen LogP contribution in [0, 0.1) is 0 Å². The molecule has 3 aromatic heterocycles. The summed E-state index contributed by atoms with van der Waals surface area (Å²) in [6.07, 6.45) is 0.671. The molecule has 4 rings (SSSR count). The number of imidazole rings is 1. The molecule has 1 aliphatic rings. The van der Waals surface area contributed by atoms with E-state index >= 15 is 0 Å². The fourth-order valence-electron chi connectivity index (χ4n) is 4.09. The molecule has 0 unspecified atom stereocenters. The van der Waals surface area contributed by atoms with Crippen LogP contribution in [0.3, 0.4) is 0 Å². The van der Waals surface area contributed by atoms with Crippen LogP contribution < -0.4 is 10.2 Å². The Kier molecular flexibility index (Phi) is 7.42. The molecule has 0 saturated carbocycles. The van der Waals surface area contributed by atoms with Gasteiger partial charge in [0.05, 0.1) is 17.4 Å². The number of anilines is 2. The van der Waals surface area contributed by atoms with E-state index in [1.165, 1.54) is 0 Å². The van der Waals surface area contributed by atoms with E-state index in [9.17, 15) is 9.59 Å². The van der Waals surface area contributed by atoms with Crippen molar-refractivity contribution in [3.8, 4) is 11.5 Å². The van der Waals surface area contributed by atoms with Crippen LogP contribution in [0.4, 0.5) is 21.1 Å². The normalized spacial score (nSPS) is 14.6. The minimum absolute atomic E-state index is 0.0702. The summed E-state index contributed by atoms with van der Waals surface area (Å²) in [6, 6.07) is 0. The molecule has 1 N–H and O–H groups in total. The maximum Gasteiger partial charge on any atom is 0.413 e. The number of amides is 2. The maximum atomic E-state index is 12.5. The van der Waals surface area contributed by atoms with Crippen LogP contribution in [-0.2, 0) is 16.0 Å². The molecular formula is C24H33ClN8O5. The number of piperazine rings is 1. The van der Waals surface area contributed by atoms with Gasteiger partial charge >= 0.3 is 12.2 Å². The smallest absolute Gasteiger partial charge is 0.413 e. The first-order valence-corrected chi connectivity index (χ1v) is 12.8. The van der Waals surface area contributed by atoms with Crippen LogP contribution in [0.5, 0.6) is 0 Å². The number of carbonyl (C=O) groups excluding carboxylic acids is 2. The number of nitrogens with zero attached hydrogens (tertiary/aromatic N) is 7. The second-order valence-electron chi connectivity index (χ2n) is 10.9. The second-order valence-corrected chi connectivity index (χ2v) is 11.2. The number of carbonyl (C=O) groups is 2. The van der Waals surface area contributed by atoms with Gasteiger partial charge in [-0.2, -0.15) is 0 Å². The van der Waals surface area contributed by atoms with Gasteiger partial charge in [0.1, 0.15) is 16.7 Å². The largest absolute Gasteiger partial charge is 0.444 e. The Bertz CT molecular complexity index is 1330. The number of hydrogen-bond donors (Lipinski definition) is 1. The first kappa shape index (κ1) is 27.4. The third-order valence-electron chi connectivity index (χ3n) is 5.61. The lowest BCUT2D eigenvalue weighted by atomic mass is 10.2. The van der Waals surface area contributed by atoms with Crippen LogP contribution in [0.2, 0.25) is 5.15 Å². The molecule has 13 nitrogen and oxygen atoms in total. The zero-order valence-electron chi connectivity index (χ0n) is 22.7. The first-order chi connectivity index (χ1) is 17.8. The molecule has 1 aliphatic heterocycles. The molecule has 0 radical (unpaired) electrons. The fourth-order valence-corrected chi connectivity index (χ4v) is 4.27. The number of hydrogen-bond acceptors (Lipinski definition) is 10. The Labute approximate surface area is 225 Å². The van der Waals surface area contributed by atoms with Gasteiger partial charge in [0.15, 0.2) is 16.7 Å². The third kappa shape index (κ3) is 5.93. The third-order valence-corrected chi connectivity index (χ3v) is 5.89. The highest BCUT2D eigenvalue weighted by molar-refractivity contribution is 6.34. The standard InChI is InChI=1S/C24H33ClN8O5/c1-8-33-17-14(31-9-11-32(12-10-31)22(35)37-24(5,6)7)13-26-18(25)15(17)27-20(33)16-19(30-38-29-16)28-21(34)36-23(2,3)4/h13H,8-12H2,1-7H3,(H,28,30,34). The Morgan fingerprint density at radius 3 is 2.32 bits per heavy atom. The van der Waals surface area contributed by atoms with Crippen molar-refractivity contribution in [2.75, 3.05) is 36.4 Å². The van der Waals surface area contributed by atoms with Gasteiger partial charge in [0.25, 0.3) is 0 Å². The molecule has 14 heteroatoms. The number of rotatable bonds is 4. The van der Waals surface area contributed by atoms with Crippen molar-refractivity contribution in [3.05, 3.63) is 11.3 Å². The molecule has 0 spiro atoms. The van der Waals surface area contributed by atoms with Crippen molar-refractivity contribution in [1.82, 2.24) is 29.7 Å². The molecule has 0 aromatic carbocycles. The van der Waals surface area contributed by atoms with E-state index in [1.54, 1.807) is 31.9 Å². The fraction of sp³-hybridized carbons (Fsp3) is 0.583. The van der Waals surface area contributed by atoms with Gasteiger partial charge in [0, 0.05) is 32.7 Å². The van der Waals surface area contributed by atoms with Crippen molar-refractivity contribution in [2.24, 2.45) is 0 Å². The van der Waals surface area contributed by atoms with E-state index in [2.05, 4.69) is 25.5 Å². The first-order valence-electron chi connectivity index (χ1n) is 12.4. The highest BCUT2D eigenvalue weighted by Crippen LogP contribution is 2.36. The SMILES string of the molecule is CCn1c(-c2nonc2NC(=O)OC(C)(C)C)nc2c(Cl)ncc(N3CCN(C(=O)OC(C)(C)C)CC3)c21. The van der Waals surface area contributed by atoms with Crippen LogP contribution >= 0.6 is 11.6 Å². The number of aryl methyl sites for hydroxylation is 1. The van der Waals surface area contributed by atoms with Crippen molar-refractivity contribution >= 4 is 46.3 Å². The summed E-state index contributed by atoms with van der Waals surface area (Å²) in [6.45, 7) is 15.4. The van der Waals surface area contributed by atoms with E-state index in [0.717, 1.165) is 11.2 Å². The van der Waals surface area contributed by atoms with Crippen LogP contribution in [-0.4, -0.2) is 79.3 Å². The van der Waals surface area contributed by atoms with Gasteiger partial charge in [-0.1, -0.05) is 11.6 Å². The molecule has 0 atom stereocenters. The van der Waals surface area contributed by atoms with Crippen LogP contribution in [0.1, 0.15) is 48.5 Å². The summed E-state index contributed by atoms with van der Waals surface area (Å²) >= 11 is 6.47. The highest BCUT2D eigenvalue weighted by Gasteiger charge is 2.30. The van der Waals surface area contributed by atoms with E-state index in [0.29, 0.717) is 44.1 Å². The number of aromatic nitrogens is 5. The average molecular weight is 549 g/mol. The number of pyridine rings is 1. The minimum Gasteiger partial charge on any atom is -0.444 e. The molecule has 1 saturated heterocycles. The maximum absolute atomic E-state index is 12.5. The molecule has 2 amide bonds. The second kappa shape index (κ2) is 10.3. The molecule has 0 aliphatic carbocycles. The molecular weight excluding hydrogens is 516 g/mol. The Balaban J connectivity index is 1.65. The van der Waals surface area contributed by atoms with Gasteiger partial charge in [0.2, 0.25) is 5.82 Å². The van der Waals surface area contributed by atoms with E-state index in [-0.39, 0.29) is 22.8 Å². The minimum atomic E-state index is -0.697. The van der Waals surface area contributed by atoms with Crippen LogP contribution in [0.15, 0.2) is 10.8 Å². The van der Waals surface area contributed by atoms with E-state index < -0.39 is 17.3 Å². The van der Waals surface area contributed by atoms with Crippen molar-refractivity contribution in [3.63, 3.8) is 0 Å². The molecule has 1 fully saturated rings. The van der Waals surface area contributed by atoms with E-state index in [4.69, 9.17) is 30.7 Å². The number of nitrogens with one attached hydrogen (secondary N) is 1. The lowest BCUT2D eigenvalue weighted by molar-refractivity contribution is 0.0240. The summed E-state index contributed by atoms with van der Waals surface area (Å²) in [5, 5.41) is 10.6. The van der Waals surface area contributed by atoms with Gasteiger partial charge in [-0.15, -0.1) is 0 Å². The zero-order chi connectivity index (χ0) is 27.8. The summed E-state index contributed by atoms with van der Waals surface area (Å²) in [5.41, 5.74) is 1.01. The Morgan fingerprint density at radius 2 is 1.71 bits per heavy atom. The van der Waals surface area contributed by atoms with E-state index in [1.807, 2.05) is 32.3 Å². The lowest BCUT2D eigenvalue weighted by Gasteiger charge is -2.36. The van der Waals surface area contributed by atoms with Crippen molar-refractivity contribution in [2.45, 2.75) is 66.2 Å². The summed E-state index contributed by atoms with van der Waals surface area (Å²) in [4.78, 5) is 37.8. The number of fused-ring (bicyclic) bond motifs is 1. The van der Waals surface area contributed by atoms with Crippen molar-refractivity contribution < 1.29 is 23.7 Å². The average Bonchev–Trinajstić information content (AvgIpc) is 3.41. The van der Waals surface area contributed by atoms with Gasteiger partial charge in [-0.05, 0) is 58.8 Å². The quantitative estimate of drug-likeness (QED) is 0.461. The summed E-state index contributed by atoms with van der Waals surface area (Å²) in [5.74, 6) is 0.471. The predicted molar refractivity (Wildman–Crippen MR) is 141 cm³/mol. The molecule has 0 bridgehead atoms. The zero-order valence-corrected chi connectivity index (χ0v) is 23.4. The predicted octanol–water partition coefficient (Wildman–Crippen LogP) is 4.56. The summed E-state index contributed by atoms with van der Waals surface area (Å²) in [7, 11) is 0. The molecule has 4 heterocycles. The topological polar surface area (TPSA) is 141 Å². The Hall–Kier alpha value is -3.61. The van der Waals surface area contributed by atoms with Crippen LogP contribution in [0.25, 0.3) is 22.6 Å².